The summed E-state index contributed by atoms with van der Waals surface area (Å²) in [5.41, 5.74) is 0. The van der Waals surface area contributed by atoms with Crippen molar-refractivity contribution < 1.29 is 19.5 Å². The van der Waals surface area contributed by atoms with Crippen molar-refractivity contribution in [3.05, 3.63) is 0 Å². The Kier molecular flexibility index (Phi) is 4.46. The summed E-state index contributed by atoms with van der Waals surface area (Å²) in [6.45, 7) is 1.73. The molecular weight excluding hydrogens is 210 g/mol. The first-order valence-corrected chi connectivity index (χ1v) is 5.59. The molecular formula is C11H17NO4. The maximum atomic E-state index is 11.7. The van der Waals surface area contributed by atoms with Crippen LogP contribution >= 0.6 is 0 Å². The van der Waals surface area contributed by atoms with Gasteiger partial charge < -0.3 is 5.11 Å². The van der Waals surface area contributed by atoms with Gasteiger partial charge in [0.05, 0.1) is 0 Å². The number of hydrogen-bond donors (Lipinski definition) is 1. The minimum absolute atomic E-state index is 0.0156. The second kappa shape index (κ2) is 5.63. The Hall–Kier alpha value is -1.39. The Morgan fingerprint density at radius 3 is 2.25 bits per heavy atom. The van der Waals surface area contributed by atoms with E-state index in [9.17, 15) is 14.4 Å². The number of likely N-dealkylation sites (tertiary alicyclic amines) is 1. The lowest BCUT2D eigenvalue weighted by Crippen LogP contribution is -2.42. The van der Waals surface area contributed by atoms with Crippen LogP contribution < -0.4 is 0 Å². The fourth-order valence-electron chi connectivity index (χ4n) is 1.89. The molecule has 90 valence electrons. The summed E-state index contributed by atoms with van der Waals surface area (Å²) in [6, 6.07) is -0.311. The monoisotopic (exact) mass is 227 g/mol. The van der Waals surface area contributed by atoms with Crippen molar-refractivity contribution in [3.8, 4) is 0 Å². The van der Waals surface area contributed by atoms with Gasteiger partial charge in [0.15, 0.2) is 0 Å². The molecule has 5 heteroatoms. The lowest BCUT2D eigenvalue weighted by molar-refractivity contribution is -0.147. The van der Waals surface area contributed by atoms with E-state index in [1.165, 1.54) is 4.90 Å². The number of carboxylic acids is 1. The highest BCUT2D eigenvalue weighted by Gasteiger charge is 2.28. The molecule has 0 bridgehead atoms. The number of hydrogen-bond acceptors (Lipinski definition) is 3. The van der Waals surface area contributed by atoms with Gasteiger partial charge >= 0.3 is 5.97 Å². The predicted molar refractivity (Wildman–Crippen MR) is 56.7 cm³/mol. The second-order valence-corrected chi connectivity index (χ2v) is 4.15. The van der Waals surface area contributed by atoms with Crippen LogP contribution in [0, 0.1) is 0 Å². The van der Waals surface area contributed by atoms with E-state index in [1.807, 2.05) is 0 Å². The average Bonchev–Trinajstić information content (AvgIpc) is 2.36. The summed E-state index contributed by atoms with van der Waals surface area (Å²) in [5, 5.41) is 8.56. The Bertz CT molecular complexity index is 282. The molecule has 0 radical (unpaired) electrons. The van der Waals surface area contributed by atoms with Crippen molar-refractivity contribution in [2.24, 2.45) is 0 Å². The van der Waals surface area contributed by atoms with Crippen LogP contribution in [0.3, 0.4) is 0 Å². The second-order valence-electron chi connectivity index (χ2n) is 4.15. The molecule has 1 aliphatic rings. The molecule has 1 saturated heterocycles. The van der Waals surface area contributed by atoms with E-state index >= 15 is 0 Å². The highest BCUT2D eigenvalue weighted by atomic mass is 16.4. The number of carbonyl (C=O) groups excluding carboxylic acids is 2. The van der Waals surface area contributed by atoms with Crippen molar-refractivity contribution in [2.75, 3.05) is 0 Å². The van der Waals surface area contributed by atoms with Gasteiger partial charge in [0.1, 0.15) is 0 Å². The largest absolute Gasteiger partial charge is 0.481 e. The summed E-state index contributed by atoms with van der Waals surface area (Å²) >= 11 is 0. The first kappa shape index (κ1) is 12.7. The van der Waals surface area contributed by atoms with Crippen molar-refractivity contribution >= 4 is 17.8 Å². The van der Waals surface area contributed by atoms with E-state index in [0.29, 0.717) is 19.3 Å². The smallest absolute Gasteiger partial charge is 0.303 e. The number of imide groups is 1. The van der Waals surface area contributed by atoms with Gasteiger partial charge in [-0.3, -0.25) is 19.3 Å². The van der Waals surface area contributed by atoms with Gasteiger partial charge in [0, 0.05) is 25.3 Å². The van der Waals surface area contributed by atoms with Gasteiger partial charge in [-0.05, 0) is 26.2 Å². The molecule has 0 aromatic carbocycles. The standard InChI is InChI=1S/C11H17NO4/c1-8(6-7-11(15)16)12-9(13)4-2-3-5-10(12)14/h8H,2-7H2,1H3,(H,15,16). The van der Waals surface area contributed by atoms with E-state index < -0.39 is 5.97 Å². The van der Waals surface area contributed by atoms with Crippen LogP contribution in [-0.2, 0) is 14.4 Å². The highest BCUT2D eigenvalue weighted by Crippen LogP contribution is 2.17. The summed E-state index contributed by atoms with van der Waals surface area (Å²) < 4.78 is 0. The SMILES string of the molecule is CC(CCC(=O)O)N1C(=O)CCCCC1=O. The number of amides is 2. The molecule has 1 aliphatic heterocycles. The Labute approximate surface area is 94.4 Å². The van der Waals surface area contributed by atoms with Crippen molar-refractivity contribution in [1.82, 2.24) is 4.90 Å². The molecule has 1 atom stereocenters. The summed E-state index contributed by atoms with van der Waals surface area (Å²) in [5.74, 6) is -1.23. The number of carboxylic acid groups (broad SMARTS) is 1. The molecule has 1 rings (SSSR count). The fourth-order valence-corrected chi connectivity index (χ4v) is 1.89. The van der Waals surface area contributed by atoms with Crippen molar-refractivity contribution in [2.45, 2.75) is 51.5 Å². The summed E-state index contributed by atoms with van der Waals surface area (Å²) in [4.78, 5) is 35.0. The molecule has 1 heterocycles. The normalized spacial score (nSPS) is 19.4. The van der Waals surface area contributed by atoms with Gasteiger partial charge in [0.2, 0.25) is 11.8 Å². The maximum Gasteiger partial charge on any atom is 0.303 e. The molecule has 5 nitrogen and oxygen atoms in total. The third-order valence-corrected chi connectivity index (χ3v) is 2.79. The minimum Gasteiger partial charge on any atom is -0.481 e. The fraction of sp³-hybridized carbons (Fsp3) is 0.727. The van der Waals surface area contributed by atoms with E-state index in [0.717, 1.165) is 12.8 Å². The molecule has 0 saturated carbocycles. The quantitative estimate of drug-likeness (QED) is 0.731. The predicted octanol–water partition coefficient (Wildman–Crippen LogP) is 1.17. The Morgan fingerprint density at radius 2 is 1.81 bits per heavy atom. The van der Waals surface area contributed by atoms with Gasteiger partial charge in [0.25, 0.3) is 0 Å². The van der Waals surface area contributed by atoms with Gasteiger partial charge in [-0.2, -0.15) is 0 Å². The molecule has 1 N–H and O–H groups in total. The topological polar surface area (TPSA) is 74.7 Å². The van der Waals surface area contributed by atoms with Crippen LogP contribution in [0.1, 0.15) is 45.4 Å². The number of rotatable bonds is 4. The van der Waals surface area contributed by atoms with Crippen molar-refractivity contribution in [3.63, 3.8) is 0 Å². The zero-order valence-corrected chi connectivity index (χ0v) is 9.44. The molecule has 0 spiro atoms. The number of aliphatic carboxylic acids is 1. The van der Waals surface area contributed by atoms with E-state index in [2.05, 4.69) is 0 Å². The Balaban J connectivity index is 2.62. The van der Waals surface area contributed by atoms with Gasteiger partial charge in [-0.15, -0.1) is 0 Å². The third-order valence-electron chi connectivity index (χ3n) is 2.79. The Morgan fingerprint density at radius 1 is 1.31 bits per heavy atom. The molecule has 0 aromatic heterocycles. The maximum absolute atomic E-state index is 11.7. The highest BCUT2D eigenvalue weighted by molar-refractivity contribution is 5.96. The van der Waals surface area contributed by atoms with E-state index in [4.69, 9.17) is 5.11 Å². The van der Waals surface area contributed by atoms with Gasteiger partial charge in [-0.25, -0.2) is 0 Å². The van der Waals surface area contributed by atoms with Crippen molar-refractivity contribution in [1.29, 1.82) is 0 Å². The van der Waals surface area contributed by atoms with E-state index in [-0.39, 0.29) is 24.3 Å². The number of nitrogens with zero attached hydrogens (tertiary/aromatic N) is 1. The zero-order chi connectivity index (χ0) is 12.1. The summed E-state index contributed by atoms with van der Waals surface area (Å²) in [7, 11) is 0. The molecule has 0 aromatic rings. The molecule has 1 fully saturated rings. The molecule has 1 unspecified atom stereocenters. The summed E-state index contributed by atoms with van der Waals surface area (Å²) in [6.07, 6.45) is 2.58. The molecule has 0 aliphatic carbocycles. The lowest BCUT2D eigenvalue weighted by atomic mass is 10.1. The van der Waals surface area contributed by atoms with Crippen LogP contribution in [0.15, 0.2) is 0 Å². The van der Waals surface area contributed by atoms with Crippen LogP contribution in [0.4, 0.5) is 0 Å². The van der Waals surface area contributed by atoms with Crippen LogP contribution in [0.2, 0.25) is 0 Å². The first-order chi connectivity index (χ1) is 7.52. The molecule has 16 heavy (non-hydrogen) atoms. The number of carbonyl (C=O) groups is 3. The molecule has 2 amide bonds. The average molecular weight is 227 g/mol. The van der Waals surface area contributed by atoms with Gasteiger partial charge in [-0.1, -0.05) is 0 Å². The zero-order valence-electron chi connectivity index (χ0n) is 9.44. The van der Waals surface area contributed by atoms with Crippen LogP contribution in [0.25, 0.3) is 0 Å². The minimum atomic E-state index is -0.901. The lowest BCUT2D eigenvalue weighted by Gasteiger charge is -2.25. The third kappa shape index (κ3) is 3.32. The first-order valence-electron chi connectivity index (χ1n) is 5.59. The van der Waals surface area contributed by atoms with Crippen LogP contribution in [-0.4, -0.2) is 33.8 Å². The van der Waals surface area contributed by atoms with Crippen LogP contribution in [0.5, 0.6) is 0 Å². The van der Waals surface area contributed by atoms with E-state index in [1.54, 1.807) is 6.92 Å².